The molecular formula is H2LaMgO4. The first kappa shape index (κ1) is 15.7. The Hall–Kier alpha value is 1.32. The average molecular weight is 229 g/mol. The van der Waals surface area contributed by atoms with E-state index < -0.39 is 30.2 Å². The standard InChI is InChI=1S/La.Mg.H2O.3O.H/h;;1H2;;;;/q;+1;;;;;/p-1. The van der Waals surface area contributed by atoms with Crippen LogP contribution in [0.25, 0.3) is 0 Å². The van der Waals surface area contributed by atoms with Crippen LogP contribution < -0.4 is 0 Å². The first-order valence-electron chi connectivity index (χ1n) is 0.707. The van der Waals surface area contributed by atoms with Gasteiger partial charge in [0.15, 0.2) is 0 Å². The zero-order chi connectivity index (χ0) is 3.58. The van der Waals surface area contributed by atoms with Crippen LogP contribution in [0.5, 0.6) is 0 Å². The van der Waals surface area contributed by atoms with Crippen molar-refractivity contribution in [2.75, 3.05) is 0 Å². The normalized spacial score (nSPS) is 2.50. The van der Waals surface area contributed by atoms with Gasteiger partial charge in [-0.25, -0.2) is 0 Å². The quantitative estimate of drug-likeness (QED) is 0.489. The first-order valence-corrected chi connectivity index (χ1v) is 5.15. The topological polar surface area (TPSA) is 81.2 Å². The van der Waals surface area contributed by atoms with Crippen molar-refractivity contribution in [2.45, 2.75) is 0 Å². The zero-order valence-electron chi connectivity index (χ0n) is 3.25. The summed E-state index contributed by atoms with van der Waals surface area (Å²) in [5.74, 6) is 0. The minimum atomic E-state index is -4.47. The Morgan fingerprint density at radius 2 is 1.00 bits per heavy atom. The summed E-state index contributed by atoms with van der Waals surface area (Å²) < 4.78 is 25.9. The van der Waals surface area contributed by atoms with Gasteiger partial charge in [0.2, 0.25) is 0 Å². The molecule has 0 aromatic heterocycles. The van der Waals surface area contributed by atoms with E-state index in [9.17, 15) is 0 Å². The summed E-state index contributed by atoms with van der Waals surface area (Å²) in [5, 5.41) is 0. The Kier molecular flexibility index (Phi) is 25.0. The fraction of sp³-hybridized carbons (Fsp3) is 0. The molecule has 1 N–H and O–H groups in total. The fourth-order valence-electron chi connectivity index (χ4n) is 0. The molecule has 0 radical (unpaired) electrons. The molecular weight excluding hydrogens is 227 g/mol. The first-order chi connectivity index (χ1) is 1.73. The van der Waals surface area contributed by atoms with E-state index in [1.807, 2.05) is 0 Å². The third-order valence-corrected chi connectivity index (χ3v) is 0. The third kappa shape index (κ3) is 56.9. The van der Waals surface area contributed by atoms with Crippen LogP contribution in [-0.4, -0.2) is 28.5 Å². The molecule has 0 unspecified atom stereocenters. The molecule has 0 heterocycles. The number of hydrogen-bond donors (Lipinski definition) is 0. The predicted octanol–water partition coefficient (Wildman–Crippen LogP) is -1.18. The fourth-order valence-corrected chi connectivity index (χ4v) is 0. The van der Waals surface area contributed by atoms with Gasteiger partial charge >= 0.3 is 58.4 Å². The average Bonchev–Trinajstić information content (AvgIpc) is 0.811. The third-order valence-electron chi connectivity index (χ3n) is 0. The maximum absolute atomic E-state index is 8.64. The minimum absolute atomic E-state index is 0. The van der Waals surface area contributed by atoms with Gasteiger partial charge in [0.25, 0.3) is 0 Å². The molecule has 6 heteroatoms. The summed E-state index contributed by atoms with van der Waals surface area (Å²) in [6.07, 6.45) is 0. The van der Waals surface area contributed by atoms with Gasteiger partial charge in [-0.3, -0.25) is 0 Å². The van der Waals surface area contributed by atoms with Crippen molar-refractivity contribution in [1.82, 2.24) is 0 Å². The Labute approximate surface area is 63.0 Å². The molecule has 0 saturated carbocycles. The Balaban J connectivity index is -0.0000000450. The molecule has 0 aromatic carbocycles. The van der Waals surface area contributed by atoms with E-state index in [4.69, 9.17) is 5.09 Å². The molecule has 4 nitrogen and oxygen atoms in total. The van der Waals surface area contributed by atoms with Crippen LogP contribution in [-0.2, 0) is 5.09 Å². The maximum atomic E-state index is 8.64. The molecule has 0 amide bonds. The van der Waals surface area contributed by atoms with Crippen LogP contribution in [0.2, 0.25) is 0 Å². The van der Waals surface area contributed by atoms with E-state index in [2.05, 4.69) is 0 Å². The summed E-state index contributed by atoms with van der Waals surface area (Å²) in [5.41, 5.74) is 0. The summed E-state index contributed by atoms with van der Waals surface area (Å²) in [4.78, 5) is 0. The van der Waals surface area contributed by atoms with Gasteiger partial charge in [-0.1, -0.05) is 0 Å². The summed E-state index contributed by atoms with van der Waals surface area (Å²) in [7, 11) is 0. The molecule has 0 atom stereocenters. The Morgan fingerprint density at radius 3 is 1.00 bits per heavy atom. The van der Waals surface area contributed by atoms with Gasteiger partial charge in [-0.05, 0) is 0 Å². The number of hydrogen-bond acceptors (Lipinski definition) is 4. The molecule has 0 rings (SSSR count). The van der Waals surface area contributed by atoms with Crippen LogP contribution in [0.15, 0.2) is 0 Å². The molecule has 0 spiro atoms. The molecule has 0 aliphatic heterocycles. The van der Waals surface area contributed by atoms with Crippen LogP contribution in [0, 0.1) is 30.2 Å². The zero-order valence-corrected chi connectivity index (χ0v) is 8.88. The van der Waals surface area contributed by atoms with Crippen molar-refractivity contribution in [3.05, 3.63) is 0 Å². The van der Waals surface area contributed by atoms with Gasteiger partial charge in [0.05, 0.1) is 0 Å². The van der Waals surface area contributed by atoms with E-state index in [0.29, 0.717) is 0 Å². The SMILES string of the molecule is [MgH+].[OH-].[O]=[La](=[O])=[O]. The van der Waals surface area contributed by atoms with Gasteiger partial charge < -0.3 is 5.48 Å². The molecule has 0 fully saturated rings. The van der Waals surface area contributed by atoms with E-state index in [0.717, 1.165) is 0 Å². The second-order valence-electron chi connectivity index (χ2n) is 0.289. The van der Waals surface area contributed by atoms with Crippen molar-refractivity contribution >= 4 is 23.1 Å². The second kappa shape index (κ2) is 9.59. The molecule has 0 saturated heterocycles. The van der Waals surface area contributed by atoms with Gasteiger partial charge in [0, 0.05) is 0 Å². The number of rotatable bonds is 0. The molecule has 0 aliphatic rings. The van der Waals surface area contributed by atoms with Gasteiger partial charge in [-0.15, -0.1) is 0 Å². The van der Waals surface area contributed by atoms with E-state index >= 15 is 0 Å². The van der Waals surface area contributed by atoms with E-state index in [1.54, 1.807) is 0 Å². The monoisotopic (exact) mass is 229 g/mol. The van der Waals surface area contributed by atoms with E-state index in [-0.39, 0.29) is 28.5 Å². The summed E-state index contributed by atoms with van der Waals surface area (Å²) >= 11 is -4.47. The van der Waals surface area contributed by atoms with Crippen LogP contribution in [0.1, 0.15) is 0 Å². The summed E-state index contributed by atoms with van der Waals surface area (Å²) in [6, 6.07) is 0. The van der Waals surface area contributed by atoms with Crippen molar-refractivity contribution in [1.29, 1.82) is 0 Å². The molecule has 0 aliphatic carbocycles. The van der Waals surface area contributed by atoms with Crippen LogP contribution in [0.3, 0.4) is 0 Å². The second-order valence-corrected chi connectivity index (χ2v) is 2.10. The molecule has 0 aromatic rings. The Morgan fingerprint density at radius 1 is 1.00 bits per heavy atom. The van der Waals surface area contributed by atoms with Gasteiger partial charge in [0.1, 0.15) is 0 Å². The van der Waals surface area contributed by atoms with Crippen molar-refractivity contribution in [3.63, 3.8) is 0 Å². The molecule has 6 heavy (non-hydrogen) atoms. The van der Waals surface area contributed by atoms with Crippen molar-refractivity contribution in [2.24, 2.45) is 0 Å². The molecule has 31 valence electrons. The molecule has 0 bridgehead atoms. The summed E-state index contributed by atoms with van der Waals surface area (Å²) in [6.45, 7) is 0. The Bertz CT molecular complexity index is 76.9. The van der Waals surface area contributed by atoms with Crippen molar-refractivity contribution < 1.29 is 40.8 Å². The van der Waals surface area contributed by atoms with Gasteiger partial charge in [-0.2, -0.15) is 0 Å². The van der Waals surface area contributed by atoms with Crippen LogP contribution in [0.4, 0.5) is 0 Å². The van der Waals surface area contributed by atoms with Crippen LogP contribution >= 0.6 is 0 Å². The van der Waals surface area contributed by atoms with Crippen molar-refractivity contribution in [3.8, 4) is 0 Å². The van der Waals surface area contributed by atoms with E-state index in [1.165, 1.54) is 0 Å². The predicted molar refractivity (Wildman–Crippen MR) is 11.1 cm³/mol.